The Labute approximate surface area is 158 Å². The molecule has 0 aliphatic carbocycles. The Bertz CT molecular complexity index is 426. The van der Waals surface area contributed by atoms with Gasteiger partial charge in [0.1, 0.15) is 4.32 Å². The number of alkyl halides is 1. The molecule has 0 bridgehead atoms. The Hall–Kier alpha value is -0.470. The number of urea groups is 1. The number of amides is 3. The minimum atomic E-state index is -4.23. The Morgan fingerprint density at radius 3 is 1.96 bits per heavy atom. The molecule has 3 amide bonds. The fraction of sp³-hybridized carbons (Fsp3) is 0.867. The van der Waals surface area contributed by atoms with Gasteiger partial charge in [-0.1, -0.05) is 68.8 Å². The number of halogens is 1. The first kappa shape index (κ1) is 26.8. The molecular formula is C15H32BrN2O6P. The van der Waals surface area contributed by atoms with Crippen molar-refractivity contribution < 1.29 is 28.5 Å². The summed E-state index contributed by atoms with van der Waals surface area (Å²) in [7, 11) is -4.23. The molecule has 150 valence electrons. The topological polar surface area (TPSA) is 139 Å². The van der Waals surface area contributed by atoms with E-state index in [0.29, 0.717) is 12.8 Å². The van der Waals surface area contributed by atoms with Gasteiger partial charge in [-0.05, 0) is 19.3 Å². The van der Waals surface area contributed by atoms with Gasteiger partial charge in [0.05, 0.1) is 6.61 Å². The van der Waals surface area contributed by atoms with Crippen molar-refractivity contribution in [1.82, 2.24) is 5.32 Å². The molecule has 0 spiro atoms. The van der Waals surface area contributed by atoms with E-state index < -0.39 is 18.2 Å². The third-order valence-corrected chi connectivity index (χ3v) is 5.52. The lowest BCUT2D eigenvalue weighted by molar-refractivity contribution is -0.122. The van der Waals surface area contributed by atoms with E-state index >= 15 is 0 Å². The van der Waals surface area contributed by atoms with E-state index in [1.807, 2.05) is 19.2 Å². The van der Waals surface area contributed by atoms with Gasteiger partial charge in [0.2, 0.25) is 5.91 Å². The highest BCUT2D eigenvalue weighted by atomic mass is 79.9. The van der Waals surface area contributed by atoms with Crippen molar-refractivity contribution >= 4 is 35.7 Å². The number of hydrogen-bond donors (Lipinski definition) is 4. The van der Waals surface area contributed by atoms with Crippen molar-refractivity contribution in [2.45, 2.75) is 76.5 Å². The zero-order valence-corrected chi connectivity index (χ0v) is 17.8. The predicted octanol–water partition coefficient (Wildman–Crippen LogP) is 3.59. The van der Waals surface area contributed by atoms with Crippen LogP contribution >= 0.6 is 23.8 Å². The molecule has 10 heteroatoms. The molecule has 5 N–H and O–H groups in total. The Morgan fingerprint density at radius 2 is 1.56 bits per heavy atom. The number of hydrogen-bond acceptors (Lipinski definition) is 4. The molecule has 0 fully saturated rings. The van der Waals surface area contributed by atoms with Crippen LogP contribution in [0.1, 0.15) is 72.1 Å². The van der Waals surface area contributed by atoms with E-state index in [1.165, 1.54) is 19.3 Å². The van der Waals surface area contributed by atoms with Crippen LogP contribution in [0.15, 0.2) is 0 Å². The fourth-order valence-corrected chi connectivity index (χ4v) is 2.33. The standard InChI is InChI=1S/C8H19O4P.C7H13BrN2O2/c1-2-3-4-5-6-7-8-12-13(9,10)11;1-3-7(8,4-2)5(11)10-6(9)12/h2-8H2,1H3,(H2,9,10,11);3-4H2,1-2H3,(H3,9,10,11,12). The first-order valence-corrected chi connectivity index (χ1v) is 10.8. The van der Waals surface area contributed by atoms with Crippen molar-refractivity contribution in [1.29, 1.82) is 0 Å². The number of imide groups is 1. The van der Waals surface area contributed by atoms with Gasteiger partial charge in [0.15, 0.2) is 0 Å². The molecule has 8 nitrogen and oxygen atoms in total. The second kappa shape index (κ2) is 14.7. The lowest BCUT2D eigenvalue weighted by Gasteiger charge is -2.21. The zero-order chi connectivity index (χ0) is 19.9. The van der Waals surface area contributed by atoms with E-state index in [1.54, 1.807) is 0 Å². The van der Waals surface area contributed by atoms with Crippen molar-refractivity contribution in [3.05, 3.63) is 0 Å². The Balaban J connectivity index is 0. The van der Waals surface area contributed by atoms with Crippen LogP contribution < -0.4 is 11.1 Å². The quantitative estimate of drug-likeness (QED) is 0.217. The highest BCUT2D eigenvalue weighted by Crippen LogP contribution is 2.35. The number of primary amides is 1. The zero-order valence-electron chi connectivity index (χ0n) is 15.3. The molecule has 0 aliphatic heterocycles. The van der Waals surface area contributed by atoms with Crippen LogP contribution in [0.4, 0.5) is 4.79 Å². The smallest absolute Gasteiger partial charge is 0.351 e. The van der Waals surface area contributed by atoms with Crippen LogP contribution in [-0.2, 0) is 13.9 Å². The molecule has 0 radical (unpaired) electrons. The van der Waals surface area contributed by atoms with E-state index in [4.69, 9.17) is 15.5 Å². The average molecular weight is 447 g/mol. The molecule has 0 saturated carbocycles. The van der Waals surface area contributed by atoms with Crippen molar-refractivity contribution in [2.75, 3.05) is 6.61 Å². The molecule has 25 heavy (non-hydrogen) atoms. The molecule has 0 aromatic carbocycles. The van der Waals surface area contributed by atoms with E-state index in [0.717, 1.165) is 19.3 Å². The number of carbonyl (C=O) groups is 2. The monoisotopic (exact) mass is 446 g/mol. The summed E-state index contributed by atoms with van der Waals surface area (Å²) in [4.78, 5) is 38.3. The summed E-state index contributed by atoms with van der Waals surface area (Å²) in [6.07, 6.45) is 7.71. The maximum absolute atomic E-state index is 11.3. The lowest BCUT2D eigenvalue weighted by Crippen LogP contribution is -2.46. The second-order valence-corrected chi connectivity index (χ2v) is 8.34. The summed E-state index contributed by atoms with van der Waals surface area (Å²) in [5.41, 5.74) is 4.81. The first-order valence-electron chi connectivity index (χ1n) is 8.52. The van der Waals surface area contributed by atoms with Gasteiger partial charge >= 0.3 is 13.9 Å². The van der Waals surface area contributed by atoms with Crippen molar-refractivity contribution in [3.8, 4) is 0 Å². The van der Waals surface area contributed by atoms with Crippen LogP contribution in [0.5, 0.6) is 0 Å². The number of carbonyl (C=O) groups excluding carboxylic acids is 2. The maximum atomic E-state index is 11.3. The number of unbranched alkanes of at least 4 members (excludes halogenated alkanes) is 5. The van der Waals surface area contributed by atoms with Gasteiger partial charge in [-0.2, -0.15) is 0 Å². The fourth-order valence-electron chi connectivity index (χ4n) is 1.86. The van der Waals surface area contributed by atoms with E-state index in [9.17, 15) is 14.2 Å². The summed E-state index contributed by atoms with van der Waals surface area (Å²) in [5, 5.41) is 2.04. The molecule has 0 atom stereocenters. The van der Waals surface area contributed by atoms with Crippen LogP contribution in [0, 0.1) is 0 Å². The van der Waals surface area contributed by atoms with Crippen LogP contribution in [0.3, 0.4) is 0 Å². The summed E-state index contributed by atoms with van der Waals surface area (Å²) >= 11 is 3.26. The predicted molar refractivity (Wildman–Crippen MR) is 101 cm³/mol. The van der Waals surface area contributed by atoms with Crippen molar-refractivity contribution in [3.63, 3.8) is 0 Å². The Kier molecular flexibility index (Phi) is 15.7. The summed E-state index contributed by atoms with van der Waals surface area (Å²) in [6, 6.07) is -0.814. The average Bonchev–Trinajstić information content (AvgIpc) is 2.52. The molecule has 0 unspecified atom stereocenters. The molecule has 0 aliphatic rings. The molecule has 0 aromatic rings. The minimum Gasteiger partial charge on any atom is -0.351 e. The summed E-state index contributed by atoms with van der Waals surface area (Å²) < 4.78 is 13.9. The first-order chi connectivity index (χ1) is 11.5. The number of nitrogens with one attached hydrogen (secondary N) is 1. The van der Waals surface area contributed by atoms with Gasteiger partial charge in [-0.3, -0.25) is 14.6 Å². The van der Waals surface area contributed by atoms with Gasteiger partial charge in [0.25, 0.3) is 0 Å². The maximum Gasteiger partial charge on any atom is 0.469 e. The molecule has 0 saturated heterocycles. The van der Waals surface area contributed by atoms with Crippen LogP contribution in [0.25, 0.3) is 0 Å². The molecule has 0 heterocycles. The molecule has 0 rings (SSSR count). The van der Waals surface area contributed by atoms with Gasteiger partial charge < -0.3 is 15.5 Å². The Morgan fingerprint density at radius 1 is 1.08 bits per heavy atom. The molecule has 0 aromatic heterocycles. The number of nitrogens with two attached hydrogens (primary N) is 1. The largest absolute Gasteiger partial charge is 0.469 e. The number of rotatable bonds is 11. The van der Waals surface area contributed by atoms with E-state index in [-0.39, 0.29) is 12.5 Å². The third-order valence-electron chi connectivity index (χ3n) is 3.52. The highest BCUT2D eigenvalue weighted by Gasteiger charge is 2.32. The summed E-state index contributed by atoms with van der Waals surface area (Å²) in [5.74, 6) is -0.375. The van der Waals surface area contributed by atoms with E-state index in [2.05, 4.69) is 27.4 Å². The van der Waals surface area contributed by atoms with Gasteiger partial charge in [0, 0.05) is 0 Å². The minimum absolute atomic E-state index is 0.163. The lowest BCUT2D eigenvalue weighted by atomic mass is 10.0. The highest BCUT2D eigenvalue weighted by molar-refractivity contribution is 9.10. The van der Waals surface area contributed by atoms with Gasteiger partial charge in [-0.25, -0.2) is 9.36 Å². The van der Waals surface area contributed by atoms with Crippen LogP contribution in [-0.4, -0.2) is 32.7 Å². The van der Waals surface area contributed by atoms with Crippen LogP contribution in [0.2, 0.25) is 0 Å². The normalized spacial score (nSPS) is 11.4. The third kappa shape index (κ3) is 16.7. The van der Waals surface area contributed by atoms with Gasteiger partial charge in [-0.15, -0.1) is 0 Å². The number of phosphoric ester groups is 1. The summed E-state index contributed by atoms with van der Waals surface area (Å²) in [6.45, 7) is 6.03. The second-order valence-electron chi connectivity index (χ2n) is 5.58. The van der Waals surface area contributed by atoms with Crippen molar-refractivity contribution in [2.24, 2.45) is 5.73 Å². The molecular weight excluding hydrogens is 415 g/mol. The SMILES string of the molecule is CCC(Br)(CC)C(=O)NC(N)=O.CCCCCCCCOP(=O)(O)O. The number of phosphoric acid groups is 1.